The van der Waals surface area contributed by atoms with Gasteiger partial charge in [-0.15, -0.1) is 0 Å². The van der Waals surface area contributed by atoms with Crippen molar-refractivity contribution in [3.05, 3.63) is 35.9 Å². The van der Waals surface area contributed by atoms with Crippen molar-refractivity contribution in [1.82, 2.24) is 21.3 Å². The molecule has 11 nitrogen and oxygen atoms in total. The van der Waals surface area contributed by atoms with E-state index in [-0.39, 0.29) is 19.3 Å². The second-order valence-electron chi connectivity index (χ2n) is 7.51. The van der Waals surface area contributed by atoms with Gasteiger partial charge in [-0.05, 0) is 31.4 Å². The molecule has 0 aliphatic carbocycles. The maximum Gasteiger partial charge on any atom is 0.326 e. The highest BCUT2D eigenvalue weighted by molar-refractivity contribution is 5.93. The summed E-state index contributed by atoms with van der Waals surface area (Å²) in [4.78, 5) is 59.3. The Bertz CT molecular complexity index is 825. The van der Waals surface area contributed by atoms with Crippen molar-refractivity contribution in [2.45, 2.75) is 50.2 Å². The smallest absolute Gasteiger partial charge is 0.326 e. The molecular weight excluding hydrogens is 420 g/mol. The average molecular weight is 448 g/mol. The molecule has 0 saturated carbocycles. The normalized spacial score (nSPS) is 17.1. The molecule has 3 amide bonds. The lowest BCUT2D eigenvalue weighted by Crippen LogP contribution is -2.53. The van der Waals surface area contributed by atoms with Crippen LogP contribution in [0.25, 0.3) is 0 Å². The van der Waals surface area contributed by atoms with Crippen LogP contribution in [0.5, 0.6) is 0 Å². The van der Waals surface area contributed by atoms with Crippen molar-refractivity contribution in [1.29, 1.82) is 0 Å². The molecule has 174 valence electrons. The van der Waals surface area contributed by atoms with E-state index in [0.29, 0.717) is 13.0 Å². The number of amides is 3. The van der Waals surface area contributed by atoms with E-state index in [0.717, 1.165) is 12.0 Å². The summed E-state index contributed by atoms with van der Waals surface area (Å²) in [6, 6.07) is 6.00. The van der Waals surface area contributed by atoms with Crippen LogP contribution in [-0.4, -0.2) is 71.1 Å². The van der Waals surface area contributed by atoms with Crippen LogP contribution in [0.1, 0.15) is 31.2 Å². The molecule has 11 heteroatoms. The first-order chi connectivity index (χ1) is 15.3. The van der Waals surface area contributed by atoms with E-state index in [1.165, 1.54) is 0 Å². The van der Waals surface area contributed by atoms with Gasteiger partial charge in [0.15, 0.2) is 0 Å². The fourth-order valence-corrected chi connectivity index (χ4v) is 3.30. The molecule has 1 aromatic carbocycles. The molecule has 1 saturated heterocycles. The van der Waals surface area contributed by atoms with Crippen LogP contribution in [0.2, 0.25) is 0 Å². The van der Waals surface area contributed by atoms with E-state index in [1.807, 2.05) is 0 Å². The zero-order valence-electron chi connectivity index (χ0n) is 17.5. The Morgan fingerprint density at radius 3 is 2.34 bits per heavy atom. The first-order valence-electron chi connectivity index (χ1n) is 10.4. The fraction of sp³-hybridized carbons (Fsp3) is 0.476. The number of carboxylic acid groups (broad SMARTS) is 2. The second kappa shape index (κ2) is 12.4. The molecule has 3 unspecified atom stereocenters. The standard InChI is InChI=1S/C21H28N4O7/c26-17(24-16(21(31)32)11-13-5-2-1-3-6-13)12-23-19(29)15(8-9-18(27)28)25-20(30)14-7-4-10-22-14/h1-3,5-6,14-16,22H,4,7-12H2,(H,23,29)(H,24,26)(H,25,30)(H,27,28)(H,31,32). The lowest BCUT2D eigenvalue weighted by molar-refractivity contribution is -0.141. The summed E-state index contributed by atoms with van der Waals surface area (Å²) < 4.78 is 0. The van der Waals surface area contributed by atoms with Crippen LogP contribution in [0.15, 0.2) is 30.3 Å². The van der Waals surface area contributed by atoms with E-state index in [4.69, 9.17) is 5.11 Å². The Morgan fingerprint density at radius 1 is 1.03 bits per heavy atom. The van der Waals surface area contributed by atoms with Crippen molar-refractivity contribution in [2.24, 2.45) is 0 Å². The van der Waals surface area contributed by atoms with Crippen LogP contribution in [0.3, 0.4) is 0 Å². The third-order valence-electron chi connectivity index (χ3n) is 5.00. The Morgan fingerprint density at radius 2 is 1.75 bits per heavy atom. The fourth-order valence-electron chi connectivity index (χ4n) is 3.30. The molecule has 1 aromatic rings. The number of aliphatic carboxylic acids is 2. The van der Waals surface area contributed by atoms with Gasteiger partial charge in [-0.1, -0.05) is 30.3 Å². The predicted molar refractivity (Wildman–Crippen MR) is 113 cm³/mol. The van der Waals surface area contributed by atoms with Crippen LogP contribution < -0.4 is 21.3 Å². The average Bonchev–Trinajstić information content (AvgIpc) is 3.30. The minimum atomic E-state index is -1.22. The van der Waals surface area contributed by atoms with Crippen LogP contribution >= 0.6 is 0 Å². The Balaban J connectivity index is 1.89. The second-order valence-corrected chi connectivity index (χ2v) is 7.51. The summed E-state index contributed by atoms with van der Waals surface area (Å²) in [5, 5.41) is 28.5. The van der Waals surface area contributed by atoms with Gasteiger partial charge >= 0.3 is 11.9 Å². The lowest BCUT2D eigenvalue weighted by atomic mass is 10.1. The van der Waals surface area contributed by atoms with Gasteiger partial charge in [0.2, 0.25) is 17.7 Å². The van der Waals surface area contributed by atoms with Gasteiger partial charge in [-0.25, -0.2) is 4.79 Å². The molecule has 1 aliphatic rings. The summed E-state index contributed by atoms with van der Waals surface area (Å²) in [5.74, 6) is -4.19. The monoisotopic (exact) mass is 448 g/mol. The molecule has 0 bridgehead atoms. The highest BCUT2D eigenvalue weighted by Crippen LogP contribution is 2.07. The molecule has 0 radical (unpaired) electrons. The van der Waals surface area contributed by atoms with E-state index < -0.39 is 54.3 Å². The minimum Gasteiger partial charge on any atom is -0.481 e. The highest BCUT2D eigenvalue weighted by atomic mass is 16.4. The van der Waals surface area contributed by atoms with Crippen molar-refractivity contribution in [3.63, 3.8) is 0 Å². The molecule has 1 heterocycles. The van der Waals surface area contributed by atoms with E-state index in [1.54, 1.807) is 30.3 Å². The number of carbonyl (C=O) groups excluding carboxylic acids is 3. The maximum atomic E-state index is 12.5. The van der Waals surface area contributed by atoms with Gasteiger partial charge < -0.3 is 31.5 Å². The topological polar surface area (TPSA) is 174 Å². The maximum absolute atomic E-state index is 12.5. The Kier molecular flexibility index (Phi) is 9.61. The zero-order chi connectivity index (χ0) is 23.5. The van der Waals surface area contributed by atoms with Crippen LogP contribution in [-0.2, 0) is 30.4 Å². The quantitative estimate of drug-likeness (QED) is 0.236. The molecule has 2 rings (SSSR count). The first-order valence-corrected chi connectivity index (χ1v) is 10.4. The van der Waals surface area contributed by atoms with Gasteiger partial charge in [0.05, 0.1) is 12.6 Å². The number of hydrogen-bond donors (Lipinski definition) is 6. The van der Waals surface area contributed by atoms with Crippen molar-refractivity contribution in [2.75, 3.05) is 13.1 Å². The molecule has 3 atom stereocenters. The number of nitrogens with one attached hydrogen (secondary N) is 4. The highest BCUT2D eigenvalue weighted by Gasteiger charge is 2.28. The third-order valence-corrected chi connectivity index (χ3v) is 5.00. The lowest BCUT2D eigenvalue weighted by Gasteiger charge is -2.20. The van der Waals surface area contributed by atoms with E-state index in [9.17, 15) is 29.1 Å². The summed E-state index contributed by atoms with van der Waals surface area (Å²) in [6.07, 6.45) is 1.01. The number of rotatable bonds is 12. The predicted octanol–water partition coefficient (Wildman–Crippen LogP) is -0.984. The number of carbonyl (C=O) groups is 5. The molecule has 0 aromatic heterocycles. The number of benzene rings is 1. The molecule has 0 spiro atoms. The molecule has 6 N–H and O–H groups in total. The SMILES string of the molecule is O=C(O)CCC(NC(=O)C1CCCN1)C(=O)NCC(=O)NC(Cc1ccccc1)C(=O)O. The summed E-state index contributed by atoms with van der Waals surface area (Å²) in [5.41, 5.74) is 0.723. The summed E-state index contributed by atoms with van der Waals surface area (Å²) >= 11 is 0. The van der Waals surface area contributed by atoms with Crippen LogP contribution in [0.4, 0.5) is 0 Å². The first kappa shape index (κ1) is 24.8. The largest absolute Gasteiger partial charge is 0.481 e. The Labute approximate surface area is 184 Å². The summed E-state index contributed by atoms with van der Waals surface area (Å²) in [7, 11) is 0. The van der Waals surface area contributed by atoms with Gasteiger partial charge in [-0.2, -0.15) is 0 Å². The number of hydrogen-bond acceptors (Lipinski definition) is 6. The summed E-state index contributed by atoms with van der Waals surface area (Å²) in [6.45, 7) is 0.163. The van der Waals surface area contributed by atoms with Crippen molar-refractivity contribution < 1.29 is 34.2 Å². The van der Waals surface area contributed by atoms with Gasteiger partial charge in [-0.3, -0.25) is 19.2 Å². The van der Waals surface area contributed by atoms with Gasteiger partial charge in [0, 0.05) is 12.8 Å². The number of carboxylic acids is 2. The third kappa shape index (κ3) is 8.34. The van der Waals surface area contributed by atoms with Gasteiger partial charge in [0.1, 0.15) is 12.1 Å². The van der Waals surface area contributed by atoms with E-state index in [2.05, 4.69) is 21.3 Å². The van der Waals surface area contributed by atoms with Gasteiger partial charge in [0.25, 0.3) is 0 Å². The molecule has 1 aliphatic heterocycles. The Hall–Kier alpha value is -3.47. The zero-order valence-corrected chi connectivity index (χ0v) is 17.5. The van der Waals surface area contributed by atoms with Crippen LogP contribution in [0, 0.1) is 0 Å². The minimum absolute atomic E-state index is 0.0710. The molecule has 32 heavy (non-hydrogen) atoms. The molecule has 1 fully saturated rings. The van der Waals surface area contributed by atoms with Crippen molar-refractivity contribution in [3.8, 4) is 0 Å². The molecular formula is C21H28N4O7. The van der Waals surface area contributed by atoms with E-state index >= 15 is 0 Å². The van der Waals surface area contributed by atoms with Crippen molar-refractivity contribution >= 4 is 29.7 Å².